The maximum atomic E-state index is 12.3. The van der Waals surface area contributed by atoms with Crippen LogP contribution in [0.5, 0.6) is 0 Å². The molecule has 1 aromatic heterocycles. The summed E-state index contributed by atoms with van der Waals surface area (Å²) in [7, 11) is 0. The van der Waals surface area contributed by atoms with Crippen LogP contribution in [0.1, 0.15) is 36.3 Å². The fraction of sp³-hybridized carbons (Fsp3) is 0.300. The number of nitrogens with zero attached hydrogens (tertiary/aromatic N) is 1. The van der Waals surface area contributed by atoms with Crippen molar-refractivity contribution < 1.29 is 4.79 Å². The van der Waals surface area contributed by atoms with Crippen molar-refractivity contribution in [3.05, 3.63) is 59.4 Å². The molecule has 0 saturated heterocycles. The van der Waals surface area contributed by atoms with Crippen molar-refractivity contribution in [2.24, 2.45) is 0 Å². The van der Waals surface area contributed by atoms with Gasteiger partial charge in [0.05, 0.1) is 22.8 Å². The van der Waals surface area contributed by atoms with Crippen molar-refractivity contribution >= 4 is 28.7 Å². The van der Waals surface area contributed by atoms with Gasteiger partial charge in [-0.1, -0.05) is 18.2 Å². The van der Waals surface area contributed by atoms with Crippen molar-refractivity contribution in [1.29, 1.82) is 0 Å². The Morgan fingerprint density at radius 3 is 2.96 bits per heavy atom. The van der Waals surface area contributed by atoms with E-state index >= 15 is 0 Å². The number of aromatic amines is 1. The number of benzene rings is 2. The lowest BCUT2D eigenvalue weighted by Crippen LogP contribution is -2.28. The smallest absolute Gasteiger partial charge is 0.230 e. The molecule has 0 spiro atoms. The molecular formula is C20H21N3OS. The second-order valence-electron chi connectivity index (χ2n) is 6.50. The highest BCUT2D eigenvalue weighted by Crippen LogP contribution is 2.27. The van der Waals surface area contributed by atoms with Gasteiger partial charge in [0, 0.05) is 4.90 Å². The first-order valence-corrected chi connectivity index (χ1v) is 9.66. The van der Waals surface area contributed by atoms with E-state index in [9.17, 15) is 4.79 Å². The fourth-order valence-electron chi connectivity index (χ4n) is 3.32. The van der Waals surface area contributed by atoms with Crippen LogP contribution in [0.15, 0.2) is 47.4 Å². The van der Waals surface area contributed by atoms with Gasteiger partial charge in [-0.3, -0.25) is 4.79 Å². The van der Waals surface area contributed by atoms with Crippen LogP contribution in [0.4, 0.5) is 0 Å². The third-order valence-electron chi connectivity index (χ3n) is 4.64. The molecular weight excluding hydrogens is 330 g/mol. The number of rotatable bonds is 5. The number of thioether (sulfide) groups is 1. The number of fused-ring (bicyclic) bond motifs is 2. The molecule has 3 aromatic rings. The normalized spacial score (nSPS) is 14.4. The van der Waals surface area contributed by atoms with Crippen molar-refractivity contribution in [3.8, 4) is 0 Å². The van der Waals surface area contributed by atoms with E-state index in [1.54, 1.807) is 11.8 Å². The number of nitrogens with one attached hydrogen (secondary N) is 2. The molecule has 2 N–H and O–H groups in total. The molecule has 0 bridgehead atoms. The summed E-state index contributed by atoms with van der Waals surface area (Å²) in [5, 5.41) is 3.03. The maximum absolute atomic E-state index is 12.3. The highest BCUT2D eigenvalue weighted by Gasteiger charge is 2.15. The van der Waals surface area contributed by atoms with Gasteiger partial charge in [-0.05, 0) is 61.6 Å². The van der Waals surface area contributed by atoms with Crippen molar-refractivity contribution in [2.45, 2.75) is 37.1 Å². The topological polar surface area (TPSA) is 57.8 Å². The van der Waals surface area contributed by atoms with Crippen molar-refractivity contribution in [1.82, 2.24) is 15.3 Å². The fourth-order valence-corrected chi connectivity index (χ4v) is 4.09. The predicted molar refractivity (Wildman–Crippen MR) is 102 cm³/mol. The lowest BCUT2D eigenvalue weighted by atomic mass is 10.1. The summed E-state index contributed by atoms with van der Waals surface area (Å²) in [6.07, 6.45) is 3.60. The summed E-state index contributed by atoms with van der Waals surface area (Å²) in [6, 6.07) is 14.3. The third-order valence-corrected chi connectivity index (χ3v) is 5.63. The molecule has 1 heterocycles. The zero-order valence-electron chi connectivity index (χ0n) is 14.2. The van der Waals surface area contributed by atoms with Crippen LogP contribution in [-0.4, -0.2) is 21.6 Å². The Labute approximate surface area is 151 Å². The predicted octanol–water partition coefficient (Wildman–Crippen LogP) is 4.02. The number of amides is 1. The molecule has 128 valence electrons. The Morgan fingerprint density at radius 1 is 1.24 bits per heavy atom. The van der Waals surface area contributed by atoms with Gasteiger partial charge in [-0.2, -0.15) is 0 Å². The van der Waals surface area contributed by atoms with E-state index in [2.05, 4.69) is 33.5 Å². The Bertz CT molecular complexity index is 885. The summed E-state index contributed by atoms with van der Waals surface area (Å²) in [5.74, 6) is 1.24. The summed E-state index contributed by atoms with van der Waals surface area (Å²) >= 11 is 1.59. The van der Waals surface area contributed by atoms with Gasteiger partial charge < -0.3 is 10.3 Å². The number of imidazole rings is 1. The first kappa shape index (κ1) is 16.2. The van der Waals surface area contributed by atoms with E-state index in [0.29, 0.717) is 5.75 Å². The highest BCUT2D eigenvalue weighted by molar-refractivity contribution is 8.00. The molecule has 1 aliphatic carbocycles. The Balaban J connectivity index is 1.35. The van der Waals surface area contributed by atoms with Gasteiger partial charge >= 0.3 is 0 Å². The summed E-state index contributed by atoms with van der Waals surface area (Å²) in [5.41, 5.74) is 4.82. The monoisotopic (exact) mass is 351 g/mol. The summed E-state index contributed by atoms with van der Waals surface area (Å²) in [4.78, 5) is 21.3. The number of hydrogen-bond acceptors (Lipinski definition) is 3. The third kappa shape index (κ3) is 3.56. The number of aryl methyl sites for hydroxylation is 2. The molecule has 0 aliphatic heterocycles. The molecule has 5 heteroatoms. The lowest BCUT2D eigenvalue weighted by Gasteiger charge is -2.11. The van der Waals surface area contributed by atoms with Gasteiger partial charge in [-0.25, -0.2) is 4.98 Å². The molecule has 1 amide bonds. The molecule has 1 atom stereocenters. The molecule has 0 saturated carbocycles. The average Bonchev–Trinajstić information content (AvgIpc) is 3.25. The van der Waals surface area contributed by atoms with E-state index in [-0.39, 0.29) is 11.9 Å². The molecule has 4 rings (SSSR count). The number of H-pyrrole nitrogens is 1. The highest BCUT2D eigenvalue weighted by atomic mass is 32.2. The minimum atomic E-state index is -0.138. The number of para-hydroxylation sites is 2. The van der Waals surface area contributed by atoms with Gasteiger partial charge in [-0.15, -0.1) is 11.8 Å². The molecule has 1 aliphatic rings. The van der Waals surface area contributed by atoms with Gasteiger partial charge in [0.25, 0.3) is 0 Å². The maximum Gasteiger partial charge on any atom is 0.230 e. The minimum absolute atomic E-state index is 0.0263. The number of carbonyl (C=O) groups excluding carboxylic acids is 1. The standard InChI is InChI=1S/C20H21N3OS/c1-13(20-22-17-7-2-3-8-18(17)23-20)21-19(24)12-25-16-10-9-14-5-4-6-15(14)11-16/h2-3,7-11,13H,4-6,12H2,1H3,(H,21,24)(H,22,23). The SMILES string of the molecule is CC(NC(=O)CSc1ccc2c(c1)CCC2)c1nc2ccccc2[nH]1. The molecule has 1 unspecified atom stereocenters. The molecule has 4 nitrogen and oxygen atoms in total. The van der Waals surface area contributed by atoms with Crippen LogP contribution in [0, 0.1) is 0 Å². The quantitative estimate of drug-likeness (QED) is 0.683. The van der Waals surface area contributed by atoms with Crippen LogP contribution in [0.2, 0.25) is 0 Å². The second-order valence-corrected chi connectivity index (χ2v) is 7.55. The molecule has 0 radical (unpaired) electrons. The summed E-state index contributed by atoms with van der Waals surface area (Å²) < 4.78 is 0. The van der Waals surface area contributed by atoms with E-state index < -0.39 is 0 Å². The average molecular weight is 351 g/mol. The molecule has 0 fully saturated rings. The first-order valence-electron chi connectivity index (χ1n) is 8.67. The number of hydrogen-bond donors (Lipinski definition) is 2. The molecule has 2 aromatic carbocycles. The van der Waals surface area contributed by atoms with E-state index in [0.717, 1.165) is 16.9 Å². The van der Waals surface area contributed by atoms with E-state index in [1.807, 2.05) is 31.2 Å². The molecule has 25 heavy (non-hydrogen) atoms. The van der Waals surface area contributed by atoms with Crippen LogP contribution in [-0.2, 0) is 17.6 Å². The van der Waals surface area contributed by atoms with Gasteiger partial charge in [0.15, 0.2) is 0 Å². The van der Waals surface area contributed by atoms with Crippen LogP contribution in [0.25, 0.3) is 11.0 Å². The zero-order valence-corrected chi connectivity index (χ0v) is 15.0. The lowest BCUT2D eigenvalue weighted by molar-refractivity contribution is -0.119. The number of carbonyl (C=O) groups is 1. The first-order chi connectivity index (χ1) is 12.2. The van der Waals surface area contributed by atoms with Gasteiger partial charge in [0.2, 0.25) is 5.91 Å². The van der Waals surface area contributed by atoms with Crippen molar-refractivity contribution in [2.75, 3.05) is 5.75 Å². The second kappa shape index (κ2) is 6.92. The zero-order chi connectivity index (χ0) is 17.2. The van der Waals surface area contributed by atoms with Crippen LogP contribution < -0.4 is 5.32 Å². The van der Waals surface area contributed by atoms with E-state index in [4.69, 9.17) is 0 Å². The largest absolute Gasteiger partial charge is 0.346 e. The van der Waals surface area contributed by atoms with E-state index in [1.165, 1.54) is 35.3 Å². The van der Waals surface area contributed by atoms with Crippen molar-refractivity contribution in [3.63, 3.8) is 0 Å². The number of aromatic nitrogens is 2. The summed E-state index contributed by atoms with van der Waals surface area (Å²) in [6.45, 7) is 1.95. The Kier molecular flexibility index (Phi) is 4.49. The van der Waals surface area contributed by atoms with Crippen LogP contribution >= 0.6 is 11.8 Å². The minimum Gasteiger partial charge on any atom is -0.346 e. The Morgan fingerprint density at radius 2 is 2.08 bits per heavy atom. The Hall–Kier alpha value is -2.27. The van der Waals surface area contributed by atoms with Crippen LogP contribution in [0.3, 0.4) is 0 Å². The van der Waals surface area contributed by atoms with Gasteiger partial charge in [0.1, 0.15) is 5.82 Å².